The van der Waals surface area contributed by atoms with Gasteiger partial charge in [0.1, 0.15) is 5.76 Å². The molecule has 3 rings (SSSR count). The number of rotatable bonds is 3. The molecule has 2 aromatic heterocycles. The van der Waals surface area contributed by atoms with E-state index >= 15 is 0 Å². The molecule has 0 bridgehead atoms. The standard InChI is InChI=1S/C16H13N3O2/c1-11-14(6-8-21-11)16(20)19-18-10-12-4-5-15-13(9-12)3-2-7-17-15/h2-10H,1H3,(H,19,20)/b18-10-. The van der Waals surface area contributed by atoms with Gasteiger partial charge in [-0.1, -0.05) is 12.1 Å². The number of amides is 1. The van der Waals surface area contributed by atoms with E-state index in [1.165, 1.54) is 6.26 Å². The molecule has 0 aliphatic heterocycles. The van der Waals surface area contributed by atoms with Crippen LogP contribution in [0.3, 0.4) is 0 Å². The topological polar surface area (TPSA) is 67.5 Å². The maximum absolute atomic E-state index is 11.8. The molecule has 0 atom stereocenters. The van der Waals surface area contributed by atoms with Crippen LogP contribution in [-0.2, 0) is 0 Å². The van der Waals surface area contributed by atoms with Crippen molar-refractivity contribution in [2.75, 3.05) is 0 Å². The third-order valence-corrected chi connectivity index (χ3v) is 3.11. The average molecular weight is 279 g/mol. The van der Waals surface area contributed by atoms with Crippen LogP contribution in [0.15, 0.2) is 58.4 Å². The fourth-order valence-electron chi connectivity index (χ4n) is 2.02. The predicted molar refractivity (Wildman–Crippen MR) is 80.2 cm³/mol. The van der Waals surface area contributed by atoms with Gasteiger partial charge >= 0.3 is 0 Å². The number of hydrogen-bond donors (Lipinski definition) is 1. The van der Waals surface area contributed by atoms with E-state index in [0.717, 1.165) is 16.5 Å². The summed E-state index contributed by atoms with van der Waals surface area (Å²) in [5, 5.41) is 4.99. The Morgan fingerprint density at radius 1 is 1.33 bits per heavy atom. The van der Waals surface area contributed by atoms with Crippen molar-refractivity contribution in [3.8, 4) is 0 Å². The molecule has 0 aliphatic rings. The minimum atomic E-state index is -0.292. The van der Waals surface area contributed by atoms with Crippen LogP contribution in [0.1, 0.15) is 21.7 Å². The van der Waals surface area contributed by atoms with E-state index in [-0.39, 0.29) is 5.91 Å². The third kappa shape index (κ3) is 2.81. The molecule has 5 heteroatoms. The number of hydrazone groups is 1. The van der Waals surface area contributed by atoms with E-state index in [9.17, 15) is 4.79 Å². The highest BCUT2D eigenvalue weighted by molar-refractivity contribution is 5.96. The maximum Gasteiger partial charge on any atom is 0.274 e. The van der Waals surface area contributed by atoms with Crippen LogP contribution in [-0.4, -0.2) is 17.1 Å². The van der Waals surface area contributed by atoms with Crippen LogP contribution in [0.4, 0.5) is 0 Å². The quantitative estimate of drug-likeness (QED) is 0.592. The van der Waals surface area contributed by atoms with Crippen molar-refractivity contribution >= 4 is 23.0 Å². The second kappa shape index (κ2) is 5.58. The van der Waals surface area contributed by atoms with E-state index in [1.54, 1.807) is 25.4 Å². The molecule has 0 aliphatic carbocycles. The highest BCUT2D eigenvalue weighted by Crippen LogP contribution is 2.12. The number of nitrogens with zero attached hydrogens (tertiary/aromatic N) is 2. The maximum atomic E-state index is 11.8. The van der Waals surface area contributed by atoms with Crippen molar-refractivity contribution in [2.45, 2.75) is 6.92 Å². The SMILES string of the molecule is Cc1occc1C(=O)N/N=C\c1ccc2ncccc2c1. The summed E-state index contributed by atoms with van der Waals surface area (Å²) in [5.74, 6) is 0.277. The molecule has 1 N–H and O–H groups in total. The first-order valence-electron chi connectivity index (χ1n) is 6.46. The van der Waals surface area contributed by atoms with Gasteiger partial charge < -0.3 is 4.42 Å². The molecular formula is C16H13N3O2. The molecule has 1 amide bonds. The summed E-state index contributed by atoms with van der Waals surface area (Å²) in [4.78, 5) is 16.1. The lowest BCUT2D eigenvalue weighted by molar-refractivity contribution is 0.0953. The number of carbonyl (C=O) groups is 1. The Morgan fingerprint density at radius 2 is 2.24 bits per heavy atom. The number of hydrogen-bond acceptors (Lipinski definition) is 4. The van der Waals surface area contributed by atoms with Gasteiger partial charge in [0.05, 0.1) is 23.6 Å². The van der Waals surface area contributed by atoms with Crippen molar-refractivity contribution in [1.29, 1.82) is 0 Å². The van der Waals surface area contributed by atoms with Crippen molar-refractivity contribution in [3.63, 3.8) is 0 Å². The molecule has 0 radical (unpaired) electrons. The lowest BCUT2D eigenvalue weighted by Gasteiger charge is -1.99. The molecule has 3 aromatic rings. The molecule has 1 aromatic carbocycles. The fourth-order valence-corrected chi connectivity index (χ4v) is 2.02. The number of aryl methyl sites for hydroxylation is 1. The number of furan rings is 1. The van der Waals surface area contributed by atoms with Gasteiger partial charge in [0.2, 0.25) is 0 Å². The summed E-state index contributed by atoms with van der Waals surface area (Å²) in [5.41, 5.74) is 4.77. The fraction of sp³-hybridized carbons (Fsp3) is 0.0625. The van der Waals surface area contributed by atoms with E-state index in [2.05, 4.69) is 15.5 Å². The van der Waals surface area contributed by atoms with Gasteiger partial charge in [0, 0.05) is 11.6 Å². The summed E-state index contributed by atoms with van der Waals surface area (Å²) in [6.45, 7) is 1.73. The van der Waals surface area contributed by atoms with Gasteiger partial charge in [-0.3, -0.25) is 9.78 Å². The van der Waals surface area contributed by atoms with Crippen molar-refractivity contribution in [2.24, 2.45) is 5.10 Å². The molecule has 5 nitrogen and oxygen atoms in total. The Hall–Kier alpha value is -2.95. The zero-order valence-corrected chi connectivity index (χ0v) is 11.4. The second-order valence-electron chi connectivity index (χ2n) is 4.55. The molecule has 0 unspecified atom stereocenters. The Bertz CT molecular complexity index is 821. The van der Waals surface area contributed by atoms with Crippen LogP contribution in [0.25, 0.3) is 10.9 Å². The molecule has 0 spiro atoms. The Balaban J connectivity index is 1.73. The Morgan fingerprint density at radius 3 is 3.05 bits per heavy atom. The summed E-state index contributed by atoms with van der Waals surface area (Å²) < 4.78 is 5.08. The monoisotopic (exact) mass is 279 g/mol. The summed E-state index contributed by atoms with van der Waals surface area (Å²) in [6.07, 6.45) is 4.83. The minimum absolute atomic E-state index is 0.292. The van der Waals surface area contributed by atoms with Gasteiger partial charge in [-0.15, -0.1) is 0 Å². The average Bonchev–Trinajstić information content (AvgIpc) is 2.93. The van der Waals surface area contributed by atoms with Crippen LogP contribution < -0.4 is 5.43 Å². The van der Waals surface area contributed by atoms with Gasteiger partial charge in [-0.25, -0.2) is 5.43 Å². The number of fused-ring (bicyclic) bond motifs is 1. The van der Waals surface area contributed by atoms with Crippen LogP contribution in [0.2, 0.25) is 0 Å². The summed E-state index contributed by atoms with van der Waals surface area (Å²) >= 11 is 0. The highest BCUT2D eigenvalue weighted by Gasteiger charge is 2.09. The smallest absolute Gasteiger partial charge is 0.274 e. The normalized spacial score (nSPS) is 11.1. The molecule has 0 saturated carbocycles. The zero-order valence-electron chi connectivity index (χ0n) is 11.4. The third-order valence-electron chi connectivity index (χ3n) is 3.11. The molecule has 0 fully saturated rings. The Kier molecular flexibility index (Phi) is 3.47. The number of nitrogens with one attached hydrogen (secondary N) is 1. The van der Waals surface area contributed by atoms with Crippen LogP contribution in [0.5, 0.6) is 0 Å². The van der Waals surface area contributed by atoms with Crippen molar-refractivity contribution in [3.05, 3.63) is 65.7 Å². The van der Waals surface area contributed by atoms with E-state index < -0.39 is 0 Å². The number of aromatic nitrogens is 1. The molecule has 0 saturated heterocycles. The lowest BCUT2D eigenvalue weighted by Crippen LogP contribution is -2.17. The van der Waals surface area contributed by atoms with E-state index in [0.29, 0.717) is 11.3 Å². The van der Waals surface area contributed by atoms with Crippen LogP contribution in [0, 0.1) is 6.92 Å². The van der Waals surface area contributed by atoms with Gasteiger partial charge in [0.15, 0.2) is 0 Å². The minimum Gasteiger partial charge on any atom is -0.469 e. The Labute approximate surface area is 121 Å². The largest absolute Gasteiger partial charge is 0.469 e. The second-order valence-corrected chi connectivity index (χ2v) is 4.55. The molecule has 21 heavy (non-hydrogen) atoms. The zero-order chi connectivity index (χ0) is 14.7. The molecule has 2 heterocycles. The molecular weight excluding hydrogens is 266 g/mol. The number of carbonyl (C=O) groups excluding carboxylic acids is 1. The van der Waals surface area contributed by atoms with Gasteiger partial charge in [-0.05, 0) is 36.8 Å². The summed E-state index contributed by atoms with van der Waals surface area (Å²) in [6, 6.07) is 11.2. The highest BCUT2D eigenvalue weighted by atomic mass is 16.3. The van der Waals surface area contributed by atoms with Gasteiger partial charge in [0.25, 0.3) is 5.91 Å². The lowest BCUT2D eigenvalue weighted by atomic mass is 10.1. The first kappa shape index (κ1) is 13.1. The van der Waals surface area contributed by atoms with Crippen molar-refractivity contribution < 1.29 is 9.21 Å². The number of pyridine rings is 1. The first-order valence-corrected chi connectivity index (χ1v) is 6.46. The van der Waals surface area contributed by atoms with Gasteiger partial charge in [-0.2, -0.15) is 5.10 Å². The van der Waals surface area contributed by atoms with E-state index in [1.807, 2.05) is 30.3 Å². The molecule has 104 valence electrons. The summed E-state index contributed by atoms with van der Waals surface area (Å²) in [7, 11) is 0. The first-order chi connectivity index (χ1) is 10.2. The number of benzene rings is 1. The predicted octanol–water partition coefficient (Wildman–Crippen LogP) is 2.90. The van der Waals surface area contributed by atoms with Crippen LogP contribution >= 0.6 is 0 Å². The van der Waals surface area contributed by atoms with Crippen molar-refractivity contribution in [1.82, 2.24) is 10.4 Å². The van der Waals surface area contributed by atoms with E-state index in [4.69, 9.17) is 4.42 Å².